The van der Waals surface area contributed by atoms with Crippen LogP contribution in [-0.4, -0.2) is 20.4 Å². The number of hydrogen-bond donors (Lipinski definition) is 2. The second-order valence-corrected chi connectivity index (χ2v) is 9.14. The fraction of sp³-hybridized carbons (Fsp3) is 0.133. The highest BCUT2D eigenvalue weighted by atomic mass is 16.1. The number of fused-ring (bicyclic) bond motifs is 1. The molecular formula is C30H27N5O2. The van der Waals surface area contributed by atoms with Crippen LogP contribution in [0.3, 0.4) is 0 Å². The number of nitrogens with zero attached hydrogens (tertiary/aromatic N) is 3. The molecular weight excluding hydrogens is 462 g/mol. The van der Waals surface area contributed by atoms with E-state index in [4.69, 9.17) is 5.73 Å². The van der Waals surface area contributed by atoms with Crippen molar-refractivity contribution in [3.8, 4) is 0 Å². The van der Waals surface area contributed by atoms with Crippen LogP contribution in [0.15, 0.2) is 96.2 Å². The van der Waals surface area contributed by atoms with Crippen LogP contribution in [0.25, 0.3) is 10.8 Å². The molecule has 5 rings (SSSR count). The minimum absolute atomic E-state index is 0.0171. The monoisotopic (exact) mass is 489 g/mol. The van der Waals surface area contributed by atoms with Crippen molar-refractivity contribution in [3.05, 3.63) is 135 Å². The molecule has 0 aliphatic rings. The van der Waals surface area contributed by atoms with Gasteiger partial charge in [-0.3, -0.25) is 14.6 Å². The number of nitrogens with two attached hydrogens (primary N) is 1. The SMILES string of the molecule is Cc1ccc(=O)n(Cc2ccc(Cc3cc(C(=O)NCc4ccc5c(N)nccc5c4)ccn3)cc2)c1. The number of hydrogen-bond acceptors (Lipinski definition) is 5. The van der Waals surface area contributed by atoms with Crippen molar-refractivity contribution in [1.29, 1.82) is 0 Å². The topological polar surface area (TPSA) is 103 Å². The number of rotatable bonds is 7. The van der Waals surface area contributed by atoms with Gasteiger partial charge in [0, 0.05) is 54.3 Å². The summed E-state index contributed by atoms with van der Waals surface area (Å²) in [7, 11) is 0. The van der Waals surface area contributed by atoms with E-state index in [1.807, 2.05) is 73.8 Å². The Labute approximate surface area is 214 Å². The molecule has 1 amide bonds. The molecule has 0 atom stereocenters. The number of aromatic nitrogens is 3. The number of benzene rings is 2. The number of pyridine rings is 3. The molecule has 0 aliphatic carbocycles. The number of nitrogen functional groups attached to an aromatic ring is 1. The number of nitrogens with one attached hydrogen (secondary N) is 1. The summed E-state index contributed by atoms with van der Waals surface area (Å²) in [6.45, 7) is 2.90. The molecule has 5 aromatic rings. The Kier molecular flexibility index (Phi) is 6.76. The first kappa shape index (κ1) is 23.9. The highest BCUT2D eigenvalue weighted by Gasteiger charge is 2.09. The van der Waals surface area contributed by atoms with Gasteiger partial charge in [-0.1, -0.05) is 42.5 Å². The van der Waals surface area contributed by atoms with Crippen molar-refractivity contribution in [2.75, 3.05) is 5.73 Å². The molecule has 0 saturated carbocycles. The maximum atomic E-state index is 12.8. The number of amides is 1. The molecule has 0 fully saturated rings. The average Bonchev–Trinajstić information content (AvgIpc) is 2.91. The molecule has 0 saturated heterocycles. The van der Waals surface area contributed by atoms with Crippen molar-refractivity contribution < 1.29 is 4.79 Å². The molecule has 0 bridgehead atoms. The van der Waals surface area contributed by atoms with Gasteiger partial charge in [0.1, 0.15) is 5.82 Å². The Morgan fingerprint density at radius 2 is 1.65 bits per heavy atom. The van der Waals surface area contributed by atoms with Gasteiger partial charge >= 0.3 is 0 Å². The molecule has 0 radical (unpaired) electrons. The Balaban J connectivity index is 1.22. The smallest absolute Gasteiger partial charge is 0.251 e. The zero-order valence-electron chi connectivity index (χ0n) is 20.5. The van der Waals surface area contributed by atoms with Crippen molar-refractivity contribution in [2.45, 2.75) is 26.4 Å². The van der Waals surface area contributed by atoms with E-state index >= 15 is 0 Å². The van der Waals surface area contributed by atoms with Gasteiger partial charge in [0.25, 0.3) is 11.5 Å². The molecule has 0 aliphatic heterocycles. The predicted molar refractivity (Wildman–Crippen MR) is 145 cm³/mol. The summed E-state index contributed by atoms with van der Waals surface area (Å²) >= 11 is 0. The third kappa shape index (κ3) is 5.73. The maximum Gasteiger partial charge on any atom is 0.251 e. The summed E-state index contributed by atoms with van der Waals surface area (Å²) < 4.78 is 1.71. The van der Waals surface area contributed by atoms with Crippen LogP contribution in [-0.2, 0) is 19.5 Å². The van der Waals surface area contributed by atoms with E-state index in [1.165, 1.54) is 0 Å². The van der Waals surface area contributed by atoms with E-state index < -0.39 is 0 Å². The van der Waals surface area contributed by atoms with Crippen LogP contribution >= 0.6 is 0 Å². The van der Waals surface area contributed by atoms with Gasteiger partial charge in [0.15, 0.2) is 0 Å². The highest BCUT2D eigenvalue weighted by molar-refractivity contribution is 5.94. The summed E-state index contributed by atoms with van der Waals surface area (Å²) in [5, 5.41) is 4.87. The normalized spacial score (nSPS) is 10.9. The van der Waals surface area contributed by atoms with Gasteiger partial charge in [-0.15, -0.1) is 0 Å². The molecule has 3 aromatic heterocycles. The van der Waals surface area contributed by atoms with E-state index in [9.17, 15) is 9.59 Å². The van der Waals surface area contributed by atoms with E-state index in [-0.39, 0.29) is 11.5 Å². The van der Waals surface area contributed by atoms with Gasteiger partial charge in [-0.25, -0.2) is 4.98 Å². The summed E-state index contributed by atoms with van der Waals surface area (Å²) in [4.78, 5) is 33.4. The zero-order valence-corrected chi connectivity index (χ0v) is 20.5. The minimum Gasteiger partial charge on any atom is -0.383 e. The lowest BCUT2D eigenvalue weighted by Crippen LogP contribution is -2.23. The lowest BCUT2D eigenvalue weighted by atomic mass is 10.1. The standard InChI is InChI=1S/C30H27N5O2/c1-20-2-9-28(36)35(18-20)19-22-5-3-21(4-6-22)15-26-16-25(11-12-32-26)30(37)34-17-23-7-8-27-24(14-23)10-13-33-29(27)31/h2-14,16,18H,15,17,19H2,1H3,(H2,31,33)(H,34,37). The quantitative estimate of drug-likeness (QED) is 0.356. The zero-order chi connectivity index (χ0) is 25.8. The Bertz CT molecular complexity index is 1640. The van der Waals surface area contributed by atoms with Gasteiger partial charge in [0.2, 0.25) is 0 Å². The minimum atomic E-state index is -0.156. The summed E-state index contributed by atoms with van der Waals surface area (Å²) in [6, 6.07) is 22.8. The fourth-order valence-electron chi connectivity index (χ4n) is 4.30. The molecule has 3 heterocycles. The number of carbonyl (C=O) groups excluding carboxylic acids is 1. The van der Waals surface area contributed by atoms with E-state index in [0.717, 1.165) is 38.7 Å². The Hall–Kier alpha value is -4.78. The first-order valence-electron chi connectivity index (χ1n) is 12.1. The third-order valence-electron chi connectivity index (χ3n) is 6.28. The first-order chi connectivity index (χ1) is 17.9. The first-order valence-corrected chi connectivity index (χ1v) is 12.1. The predicted octanol–water partition coefficient (Wildman–Crippen LogP) is 4.25. The van der Waals surface area contributed by atoms with Gasteiger partial charge in [-0.2, -0.15) is 0 Å². The third-order valence-corrected chi connectivity index (χ3v) is 6.28. The Morgan fingerprint density at radius 1 is 0.892 bits per heavy atom. The van der Waals surface area contributed by atoms with Gasteiger partial charge in [0.05, 0.1) is 6.54 Å². The molecule has 7 heteroatoms. The summed E-state index contributed by atoms with van der Waals surface area (Å²) in [5.74, 6) is 0.339. The molecule has 2 aromatic carbocycles. The lowest BCUT2D eigenvalue weighted by Gasteiger charge is -2.09. The van der Waals surface area contributed by atoms with Crippen molar-refractivity contribution in [2.24, 2.45) is 0 Å². The van der Waals surface area contributed by atoms with E-state index in [1.54, 1.807) is 29.1 Å². The number of carbonyl (C=O) groups is 1. The van der Waals surface area contributed by atoms with Crippen LogP contribution in [0.5, 0.6) is 0 Å². The average molecular weight is 490 g/mol. The van der Waals surface area contributed by atoms with E-state index in [2.05, 4.69) is 15.3 Å². The molecule has 3 N–H and O–H groups in total. The van der Waals surface area contributed by atoms with Crippen LogP contribution in [0.2, 0.25) is 0 Å². The van der Waals surface area contributed by atoms with Crippen LogP contribution < -0.4 is 16.6 Å². The lowest BCUT2D eigenvalue weighted by molar-refractivity contribution is 0.0950. The number of aryl methyl sites for hydroxylation is 1. The van der Waals surface area contributed by atoms with Crippen LogP contribution in [0.1, 0.15) is 38.3 Å². The van der Waals surface area contributed by atoms with Crippen LogP contribution in [0.4, 0.5) is 5.82 Å². The highest BCUT2D eigenvalue weighted by Crippen LogP contribution is 2.20. The molecule has 184 valence electrons. The fourth-order valence-corrected chi connectivity index (χ4v) is 4.30. The second-order valence-electron chi connectivity index (χ2n) is 9.14. The maximum absolute atomic E-state index is 12.8. The van der Waals surface area contributed by atoms with E-state index in [0.29, 0.717) is 30.9 Å². The van der Waals surface area contributed by atoms with Crippen LogP contribution in [0, 0.1) is 6.92 Å². The molecule has 37 heavy (non-hydrogen) atoms. The van der Waals surface area contributed by atoms with Crippen molar-refractivity contribution >= 4 is 22.5 Å². The molecule has 0 spiro atoms. The largest absolute Gasteiger partial charge is 0.383 e. The van der Waals surface area contributed by atoms with Crippen molar-refractivity contribution in [3.63, 3.8) is 0 Å². The Morgan fingerprint density at radius 3 is 2.49 bits per heavy atom. The molecule has 0 unspecified atom stereocenters. The van der Waals surface area contributed by atoms with Gasteiger partial charge in [-0.05, 0) is 58.8 Å². The van der Waals surface area contributed by atoms with Crippen molar-refractivity contribution in [1.82, 2.24) is 19.9 Å². The van der Waals surface area contributed by atoms with Gasteiger partial charge < -0.3 is 15.6 Å². The molecule has 7 nitrogen and oxygen atoms in total. The summed E-state index contributed by atoms with van der Waals surface area (Å²) in [6.07, 6.45) is 5.81. The number of anilines is 1. The summed E-state index contributed by atoms with van der Waals surface area (Å²) in [5.41, 5.74) is 11.4. The second kappa shape index (κ2) is 10.5.